The van der Waals surface area contributed by atoms with Gasteiger partial charge >= 0.3 is 5.97 Å². The summed E-state index contributed by atoms with van der Waals surface area (Å²) >= 11 is 0. The zero-order valence-corrected chi connectivity index (χ0v) is 9.20. The first-order chi connectivity index (χ1) is 6.63. The van der Waals surface area contributed by atoms with Crippen molar-refractivity contribution >= 4 is 5.97 Å². The number of rotatable bonds is 6. The van der Waals surface area contributed by atoms with Crippen molar-refractivity contribution < 1.29 is 19.0 Å². The standard InChI is InChI=1S/C10H18O4/c1-8(7-9(11)12-2)5-6-10(13-3)14-4/h7,10H,5-6H2,1-4H3/b8-7-. The highest BCUT2D eigenvalue weighted by Crippen LogP contribution is 2.09. The van der Waals surface area contributed by atoms with Crippen LogP contribution in [0.3, 0.4) is 0 Å². The van der Waals surface area contributed by atoms with E-state index in [-0.39, 0.29) is 12.3 Å². The molecule has 0 aromatic heterocycles. The number of carbonyl (C=O) groups is 1. The van der Waals surface area contributed by atoms with Crippen LogP contribution in [0.15, 0.2) is 11.6 Å². The van der Waals surface area contributed by atoms with Gasteiger partial charge in [0.15, 0.2) is 6.29 Å². The molecular weight excluding hydrogens is 184 g/mol. The average molecular weight is 202 g/mol. The number of hydrogen-bond donors (Lipinski definition) is 0. The van der Waals surface area contributed by atoms with Crippen LogP contribution in [0.5, 0.6) is 0 Å². The summed E-state index contributed by atoms with van der Waals surface area (Å²) in [5.74, 6) is -0.325. The van der Waals surface area contributed by atoms with E-state index < -0.39 is 0 Å². The Labute approximate surface area is 84.8 Å². The molecule has 0 aromatic carbocycles. The van der Waals surface area contributed by atoms with Gasteiger partial charge in [0.25, 0.3) is 0 Å². The van der Waals surface area contributed by atoms with Crippen LogP contribution < -0.4 is 0 Å². The SMILES string of the molecule is COC(=O)/C=C(/C)CCC(OC)OC. The highest BCUT2D eigenvalue weighted by atomic mass is 16.7. The Morgan fingerprint density at radius 2 is 1.86 bits per heavy atom. The van der Waals surface area contributed by atoms with E-state index in [1.54, 1.807) is 14.2 Å². The molecule has 4 heteroatoms. The Bertz CT molecular complexity index is 194. The minimum absolute atomic E-state index is 0.212. The molecule has 0 amide bonds. The molecule has 0 unspecified atom stereocenters. The highest BCUT2D eigenvalue weighted by molar-refractivity contribution is 5.82. The molecule has 0 atom stereocenters. The van der Waals surface area contributed by atoms with Crippen LogP contribution in [0.4, 0.5) is 0 Å². The van der Waals surface area contributed by atoms with Crippen LogP contribution in [-0.2, 0) is 19.0 Å². The Hall–Kier alpha value is -0.870. The summed E-state index contributed by atoms with van der Waals surface area (Å²) in [6.45, 7) is 1.87. The van der Waals surface area contributed by atoms with E-state index in [1.807, 2.05) is 6.92 Å². The third-order valence-electron chi connectivity index (χ3n) is 1.87. The normalized spacial score (nSPS) is 11.9. The fourth-order valence-electron chi connectivity index (χ4n) is 1.01. The lowest BCUT2D eigenvalue weighted by molar-refractivity contribution is -0.134. The number of methoxy groups -OCH3 is 3. The van der Waals surface area contributed by atoms with Crippen LogP contribution in [0.1, 0.15) is 19.8 Å². The van der Waals surface area contributed by atoms with Gasteiger partial charge in [-0.05, 0) is 13.3 Å². The highest BCUT2D eigenvalue weighted by Gasteiger charge is 2.05. The summed E-state index contributed by atoms with van der Waals surface area (Å²) in [7, 11) is 4.54. The van der Waals surface area contributed by atoms with Crippen LogP contribution in [0, 0.1) is 0 Å². The maximum atomic E-state index is 10.8. The third kappa shape index (κ3) is 5.72. The fourth-order valence-corrected chi connectivity index (χ4v) is 1.01. The van der Waals surface area contributed by atoms with Gasteiger partial charge in [0.2, 0.25) is 0 Å². The molecule has 82 valence electrons. The Morgan fingerprint density at radius 3 is 2.29 bits per heavy atom. The van der Waals surface area contributed by atoms with E-state index in [1.165, 1.54) is 13.2 Å². The van der Waals surface area contributed by atoms with E-state index in [0.717, 1.165) is 18.4 Å². The second-order valence-electron chi connectivity index (χ2n) is 2.95. The molecule has 0 heterocycles. The van der Waals surface area contributed by atoms with Gasteiger partial charge in [-0.1, -0.05) is 5.57 Å². The molecule has 0 aliphatic carbocycles. The van der Waals surface area contributed by atoms with Crippen molar-refractivity contribution in [1.29, 1.82) is 0 Å². The lowest BCUT2D eigenvalue weighted by Gasteiger charge is -2.12. The van der Waals surface area contributed by atoms with E-state index in [4.69, 9.17) is 9.47 Å². The van der Waals surface area contributed by atoms with Crippen molar-refractivity contribution in [2.45, 2.75) is 26.1 Å². The Morgan fingerprint density at radius 1 is 1.29 bits per heavy atom. The molecule has 0 aliphatic heterocycles. The van der Waals surface area contributed by atoms with Crippen LogP contribution >= 0.6 is 0 Å². The predicted molar refractivity (Wildman–Crippen MR) is 52.8 cm³/mol. The van der Waals surface area contributed by atoms with Crippen molar-refractivity contribution in [3.05, 3.63) is 11.6 Å². The minimum Gasteiger partial charge on any atom is -0.466 e. The van der Waals surface area contributed by atoms with Crippen molar-refractivity contribution in [3.8, 4) is 0 Å². The summed E-state index contributed by atoms with van der Waals surface area (Å²) in [4.78, 5) is 10.8. The monoisotopic (exact) mass is 202 g/mol. The quantitative estimate of drug-likeness (QED) is 0.372. The van der Waals surface area contributed by atoms with Gasteiger partial charge in [-0.3, -0.25) is 0 Å². The largest absolute Gasteiger partial charge is 0.466 e. The number of esters is 1. The molecule has 0 fully saturated rings. The lowest BCUT2D eigenvalue weighted by Crippen LogP contribution is -2.12. The third-order valence-corrected chi connectivity index (χ3v) is 1.87. The maximum Gasteiger partial charge on any atom is 0.330 e. The summed E-state index contributed by atoms with van der Waals surface area (Å²) < 4.78 is 14.5. The van der Waals surface area contributed by atoms with Gasteiger partial charge in [0, 0.05) is 26.7 Å². The number of hydrogen-bond acceptors (Lipinski definition) is 4. The van der Waals surface area contributed by atoms with Crippen molar-refractivity contribution in [1.82, 2.24) is 0 Å². The summed E-state index contributed by atoms with van der Waals surface area (Å²) in [5.41, 5.74) is 0.955. The first kappa shape index (κ1) is 13.1. The zero-order valence-electron chi connectivity index (χ0n) is 9.20. The smallest absolute Gasteiger partial charge is 0.330 e. The Kier molecular flexibility index (Phi) is 7.06. The molecule has 4 nitrogen and oxygen atoms in total. The first-order valence-corrected chi connectivity index (χ1v) is 4.44. The van der Waals surface area contributed by atoms with Crippen LogP contribution in [-0.4, -0.2) is 33.6 Å². The van der Waals surface area contributed by atoms with Crippen molar-refractivity contribution in [3.63, 3.8) is 0 Å². The van der Waals surface area contributed by atoms with E-state index in [2.05, 4.69) is 4.74 Å². The molecule has 0 N–H and O–H groups in total. The van der Waals surface area contributed by atoms with Gasteiger partial charge in [-0.2, -0.15) is 0 Å². The summed E-state index contributed by atoms with van der Waals surface area (Å²) in [6, 6.07) is 0. The fraction of sp³-hybridized carbons (Fsp3) is 0.700. The second-order valence-corrected chi connectivity index (χ2v) is 2.95. The first-order valence-electron chi connectivity index (χ1n) is 4.44. The molecule has 0 radical (unpaired) electrons. The molecule has 0 rings (SSSR count). The summed E-state index contributed by atoms with van der Waals surface area (Å²) in [6.07, 6.45) is 2.74. The van der Waals surface area contributed by atoms with Crippen LogP contribution in [0.25, 0.3) is 0 Å². The maximum absolute atomic E-state index is 10.8. The minimum atomic E-state index is -0.325. The lowest BCUT2D eigenvalue weighted by atomic mass is 10.1. The summed E-state index contributed by atoms with van der Waals surface area (Å²) in [5, 5.41) is 0. The number of carbonyl (C=O) groups excluding carboxylic acids is 1. The van der Waals surface area contributed by atoms with E-state index in [0.29, 0.717) is 0 Å². The second kappa shape index (κ2) is 7.53. The molecule has 0 saturated carbocycles. The molecule has 0 aromatic rings. The molecule has 14 heavy (non-hydrogen) atoms. The number of ether oxygens (including phenoxy) is 3. The van der Waals surface area contributed by atoms with Crippen LogP contribution in [0.2, 0.25) is 0 Å². The molecule has 0 bridgehead atoms. The Balaban J connectivity index is 3.88. The topological polar surface area (TPSA) is 44.8 Å². The van der Waals surface area contributed by atoms with Gasteiger partial charge in [0.1, 0.15) is 0 Å². The molecule has 0 saturated heterocycles. The molecule has 0 aliphatic rings. The van der Waals surface area contributed by atoms with Gasteiger partial charge in [-0.15, -0.1) is 0 Å². The van der Waals surface area contributed by atoms with Gasteiger partial charge in [0.05, 0.1) is 7.11 Å². The predicted octanol–water partition coefficient (Wildman–Crippen LogP) is 1.50. The zero-order chi connectivity index (χ0) is 11.0. The average Bonchev–Trinajstić information content (AvgIpc) is 2.19. The van der Waals surface area contributed by atoms with Gasteiger partial charge in [-0.25, -0.2) is 4.79 Å². The molecular formula is C10H18O4. The van der Waals surface area contributed by atoms with E-state index in [9.17, 15) is 4.79 Å². The van der Waals surface area contributed by atoms with Gasteiger partial charge < -0.3 is 14.2 Å². The molecule has 0 spiro atoms. The van der Waals surface area contributed by atoms with Crippen molar-refractivity contribution in [2.75, 3.05) is 21.3 Å². The number of allylic oxidation sites excluding steroid dienone is 1. The van der Waals surface area contributed by atoms with E-state index >= 15 is 0 Å². The van der Waals surface area contributed by atoms with Crippen molar-refractivity contribution in [2.24, 2.45) is 0 Å².